The van der Waals surface area contributed by atoms with Crippen molar-refractivity contribution in [3.8, 4) is 0 Å². The van der Waals surface area contributed by atoms with Crippen molar-refractivity contribution in [2.75, 3.05) is 5.32 Å². The highest BCUT2D eigenvalue weighted by Gasteiger charge is 2.20. The lowest BCUT2D eigenvalue weighted by atomic mass is 9.91. The number of para-hydroxylation sites is 1. The first-order valence-electron chi connectivity index (χ1n) is 11.0. The minimum Gasteiger partial charge on any atom is -0.403 e. The van der Waals surface area contributed by atoms with Crippen molar-refractivity contribution in [3.05, 3.63) is 101 Å². The van der Waals surface area contributed by atoms with Crippen LogP contribution < -0.4 is 20.9 Å². The van der Waals surface area contributed by atoms with Crippen LogP contribution in [0.2, 0.25) is 0 Å². The van der Waals surface area contributed by atoms with Gasteiger partial charge in [0, 0.05) is 16.8 Å². The van der Waals surface area contributed by atoms with Gasteiger partial charge in [-0.2, -0.15) is 0 Å². The van der Waals surface area contributed by atoms with Crippen LogP contribution in [0.15, 0.2) is 100 Å². The molecule has 1 aromatic heterocycles. The Morgan fingerprint density at radius 3 is 2.86 bits per heavy atom. The second-order valence-corrected chi connectivity index (χ2v) is 10.7. The zero-order valence-electron chi connectivity index (χ0n) is 19.2. The minimum absolute atomic E-state index is 0.00632. The maximum absolute atomic E-state index is 12.3. The molecule has 0 bridgehead atoms. The van der Waals surface area contributed by atoms with E-state index in [1.54, 1.807) is 11.3 Å². The Morgan fingerprint density at radius 2 is 2.11 bits per heavy atom. The minimum atomic E-state index is -0.340. The van der Waals surface area contributed by atoms with E-state index in [2.05, 4.69) is 47.8 Å². The van der Waals surface area contributed by atoms with Gasteiger partial charge in [-0.3, -0.25) is 9.93 Å². The second-order valence-electron chi connectivity index (χ2n) is 8.07. The number of amides is 1. The molecule has 35 heavy (non-hydrogen) atoms. The second kappa shape index (κ2) is 11.7. The molecule has 0 saturated carbocycles. The smallest absolute Gasteiger partial charge is 0.264 e. The van der Waals surface area contributed by atoms with E-state index in [1.807, 2.05) is 42.5 Å². The number of hydrogen-bond donors (Lipinski definition) is 4. The summed E-state index contributed by atoms with van der Waals surface area (Å²) in [5, 5.41) is 9.35. The van der Waals surface area contributed by atoms with Crippen LogP contribution in [0.25, 0.3) is 10.2 Å². The van der Waals surface area contributed by atoms with Crippen LogP contribution in [0, 0.1) is 5.92 Å². The summed E-state index contributed by atoms with van der Waals surface area (Å²) in [4.78, 5) is 18.4. The number of fused-ring (bicyclic) bond motifs is 1. The molecule has 0 saturated heterocycles. The Kier molecular flexibility index (Phi) is 8.48. The molecule has 2 atom stereocenters. The predicted octanol–water partition coefficient (Wildman–Crippen LogP) is 6.06. The van der Waals surface area contributed by atoms with Gasteiger partial charge in [-0.1, -0.05) is 49.9 Å². The first-order valence-corrected chi connectivity index (χ1v) is 13.5. The van der Waals surface area contributed by atoms with Crippen molar-refractivity contribution in [3.63, 3.8) is 0 Å². The molecular weight excluding hydrogens is 495 g/mol. The normalized spacial score (nSPS) is 16.9. The SMILES string of the molecule is C=C1C=C(CC(NSc2cccc(NC(=O)/C(=C/N)SN)c2)c2nc3ccccc3s2)C=CC1C. The lowest BCUT2D eigenvalue weighted by Gasteiger charge is -2.20. The number of nitrogens with zero attached hydrogens (tertiary/aromatic N) is 1. The molecule has 6 N–H and O–H groups in total. The van der Waals surface area contributed by atoms with Crippen LogP contribution in [-0.2, 0) is 4.79 Å². The highest BCUT2D eigenvalue weighted by atomic mass is 32.2. The molecule has 0 fully saturated rings. The maximum Gasteiger partial charge on any atom is 0.264 e. The topological polar surface area (TPSA) is 106 Å². The van der Waals surface area contributed by atoms with E-state index in [4.69, 9.17) is 15.9 Å². The first-order chi connectivity index (χ1) is 17.0. The fourth-order valence-electron chi connectivity index (χ4n) is 3.53. The summed E-state index contributed by atoms with van der Waals surface area (Å²) in [7, 11) is 0. The van der Waals surface area contributed by atoms with E-state index in [0.717, 1.165) is 44.1 Å². The highest BCUT2D eigenvalue weighted by Crippen LogP contribution is 2.34. The molecule has 1 aliphatic carbocycles. The Hall–Kier alpha value is -2.82. The summed E-state index contributed by atoms with van der Waals surface area (Å²) in [6.45, 7) is 6.34. The van der Waals surface area contributed by atoms with Crippen molar-refractivity contribution in [2.45, 2.75) is 24.3 Å². The van der Waals surface area contributed by atoms with Crippen LogP contribution in [0.1, 0.15) is 24.4 Å². The third-order valence-corrected chi connectivity index (χ3v) is 8.13. The summed E-state index contributed by atoms with van der Waals surface area (Å²) < 4.78 is 4.77. The number of nitrogens with two attached hydrogens (primary N) is 2. The zero-order chi connectivity index (χ0) is 24.8. The number of carbonyl (C=O) groups is 1. The van der Waals surface area contributed by atoms with Crippen LogP contribution in [-0.4, -0.2) is 10.9 Å². The number of aromatic nitrogens is 1. The van der Waals surface area contributed by atoms with Crippen LogP contribution in [0.5, 0.6) is 0 Å². The third kappa shape index (κ3) is 6.45. The molecule has 0 radical (unpaired) electrons. The average Bonchev–Trinajstić information content (AvgIpc) is 3.29. The Bertz CT molecular complexity index is 1290. The number of hydrogen-bond acceptors (Lipinski definition) is 8. The van der Waals surface area contributed by atoms with Crippen molar-refractivity contribution < 1.29 is 4.79 Å². The number of benzene rings is 2. The van der Waals surface area contributed by atoms with Gasteiger partial charge in [-0.05, 0) is 77.7 Å². The number of rotatable bonds is 9. The third-order valence-electron chi connectivity index (χ3n) is 5.52. The number of allylic oxidation sites excluding steroid dienone is 4. The standard InChI is InChI=1S/C26H27N5OS3/c1-16-10-11-18(12-17(16)2)13-22(26-30-21-8-3-4-9-23(21)33-26)31-35-20-7-5-6-19(14-20)29-25(32)24(15-27)34-28/h3-12,14-16,22,31H,2,13,27-28H2,1H3,(H,29,32)/b24-15-. The van der Waals surface area contributed by atoms with Gasteiger partial charge >= 0.3 is 0 Å². The zero-order valence-corrected chi connectivity index (χ0v) is 21.7. The Balaban J connectivity index is 1.53. The summed E-state index contributed by atoms with van der Waals surface area (Å²) in [6, 6.07) is 15.8. The molecular formula is C26H27N5OS3. The molecule has 1 aliphatic rings. The van der Waals surface area contributed by atoms with Crippen LogP contribution >= 0.6 is 35.2 Å². The van der Waals surface area contributed by atoms with Crippen molar-refractivity contribution >= 4 is 57.0 Å². The lowest BCUT2D eigenvalue weighted by Crippen LogP contribution is -2.16. The highest BCUT2D eigenvalue weighted by molar-refractivity contribution is 8.01. The van der Waals surface area contributed by atoms with Crippen LogP contribution in [0.3, 0.4) is 0 Å². The van der Waals surface area contributed by atoms with E-state index in [0.29, 0.717) is 11.6 Å². The van der Waals surface area contributed by atoms with Gasteiger partial charge in [-0.15, -0.1) is 11.3 Å². The molecule has 2 aromatic carbocycles. The average molecular weight is 522 g/mol. The number of anilines is 1. The molecule has 0 spiro atoms. The number of carbonyl (C=O) groups excluding carboxylic acids is 1. The molecule has 0 aliphatic heterocycles. The first kappa shape index (κ1) is 25.3. The summed E-state index contributed by atoms with van der Waals surface area (Å²) in [6.07, 6.45) is 8.53. The van der Waals surface area contributed by atoms with Gasteiger partial charge in [0.15, 0.2) is 0 Å². The predicted molar refractivity (Wildman–Crippen MR) is 151 cm³/mol. The number of thiazole rings is 1. The van der Waals surface area contributed by atoms with E-state index in [-0.39, 0.29) is 16.9 Å². The van der Waals surface area contributed by atoms with Crippen molar-refractivity contribution in [2.24, 2.45) is 16.8 Å². The van der Waals surface area contributed by atoms with E-state index >= 15 is 0 Å². The van der Waals surface area contributed by atoms with E-state index < -0.39 is 0 Å². The van der Waals surface area contributed by atoms with Gasteiger partial charge in [-0.25, -0.2) is 9.71 Å². The summed E-state index contributed by atoms with van der Waals surface area (Å²) in [5.74, 6) is 0.0141. The number of nitrogens with one attached hydrogen (secondary N) is 2. The maximum atomic E-state index is 12.3. The Morgan fingerprint density at radius 1 is 1.29 bits per heavy atom. The molecule has 3 aromatic rings. The summed E-state index contributed by atoms with van der Waals surface area (Å²) >= 11 is 4.02. The summed E-state index contributed by atoms with van der Waals surface area (Å²) in [5.41, 5.74) is 9.46. The lowest BCUT2D eigenvalue weighted by molar-refractivity contribution is -0.112. The molecule has 1 amide bonds. The molecule has 2 unspecified atom stereocenters. The quantitative estimate of drug-likeness (QED) is 0.200. The largest absolute Gasteiger partial charge is 0.403 e. The Labute approximate surface area is 217 Å². The monoisotopic (exact) mass is 521 g/mol. The van der Waals surface area contributed by atoms with Gasteiger partial charge in [0.05, 0.1) is 16.3 Å². The molecule has 4 rings (SSSR count). The molecule has 1 heterocycles. The molecule has 180 valence electrons. The fourth-order valence-corrected chi connectivity index (χ4v) is 5.66. The van der Waals surface area contributed by atoms with Gasteiger partial charge in [0.2, 0.25) is 0 Å². The van der Waals surface area contributed by atoms with Crippen LogP contribution in [0.4, 0.5) is 5.69 Å². The van der Waals surface area contributed by atoms with Crippen molar-refractivity contribution in [1.29, 1.82) is 0 Å². The van der Waals surface area contributed by atoms with Gasteiger partial charge in [0.25, 0.3) is 5.91 Å². The molecule has 9 heteroatoms. The van der Waals surface area contributed by atoms with E-state index in [1.165, 1.54) is 23.7 Å². The fraction of sp³-hybridized carbons (Fsp3) is 0.154. The van der Waals surface area contributed by atoms with Crippen molar-refractivity contribution in [1.82, 2.24) is 9.71 Å². The van der Waals surface area contributed by atoms with Gasteiger partial charge in [0.1, 0.15) is 9.91 Å². The van der Waals surface area contributed by atoms with E-state index in [9.17, 15) is 4.79 Å². The molecule has 6 nitrogen and oxygen atoms in total. The van der Waals surface area contributed by atoms with Gasteiger partial charge < -0.3 is 11.1 Å².